The van der Waals surface area contributed by atoms with E-state index in [0.29, 0.717) is 11.5 Å². The van der Waals surface area contributed by atoms with Gasteiger partial charge in [-0.3, -0.25) is 4.90 Å². The average molecular weight is 238 g/mol. The molecule has 0 aromatic carbocycles. The molecular weight excluding hydrogens is 208 g/mol. The third-order valence-electron chi connectivity index (χ3n) is 5.68. The van der Waals surface area contributed by atoms with Gasteiger partial charge < -0.3 is 5.73 Å². The van der Waals surface area contributed by atoms with Gasteiger partial charge in [0.1, 0.15) is 0 Å². The lowest BCUT2D eigenvalue weighted by molar-refractivity contribution is -0.0403. The molecule has 100 valence electrons. The van der Waals surface area contributed by atoms with E-state index in [-0.39, 0.29) is 5.54 Å². The van der Waals surface area contributed by atoms with Crippen molar-refractivity contribution in [2.75, 3.05) is 13.1 Å². The van der Waals surface area contributed by atoms with Crippen LogP contribution in [0.15, 0.2) is 0 Å². The van der Waals surface area contributed by atoms with Crippen LogP contribution in [0.25, 0.3) is 0 Å². The van der Waals surface area contributed by atoms with E-state index in [1.54, 1.807) is 0 Å². The third-order valence-corrected chi connectivity index (χ3v) is 5.68. The minimum Gasteiger partial charge on any atom is -0.329 e. The molecule has 17 heavy (non-hydrogen) atoms. The molecule has 2 nitrogen and oxygen atoms in total. The maximum absolute atomic E-state index is 6.23. The summed E-state index contributed by atoms with van der Waals surface area (Å²) in [5, 5.41) is 0. The summed E-state index contributed by atoms with van der Waals surface area (Å²) in [5.41, 5.74) is 6.89. The highest BCUT2D eigenvalue weighted by Gasteiger charge is 2.53. The number of likely N-dealkylation sites (tertiary alicyclic amines) is 1. The van der Waals surface area contributed by atoms with Gasteiger partial charge in [0, 0.05) is 18.1 Å². The molecule has 1 saturated heterocycles. The highest BCUT2D eigenvalue weighted by molar-refractivity contribution is 5.08. The minimum absolute atomic E-state index is 0.270. The largest absolute Gasteiger partial charge is 0.329 e. The van der Waals surface area contributed by atoms with E-state index in [1.165, 1.54) is 38.6 Å². The Morgan fingerprint density at radius 2 is 1.94 bits per heavy atom. The Morgan fingerprint density at radius 1 is 1.24 bits per heavy atom. The van der Waals surface area contributed by atoms with E-state index < -0.39 is 0 Å². The molecule has 1 saturated carbocycles. The molecule has 0 bridgehead atoms. The maximum atomic E-state index is 6.23. The molecule has 0 aromatic heterocycles. The highest BCUT2D eigenvalue weighted by atomic mass is 15.3. The number of piperidine rings is 1. The van der Waals surface area contributed by atoms with Crippen LogP contribution in [0.3, 0.4) is 0 Å². The van der Waals surface area contributed by atoms with Crippen LogP contribution >= 0.6 is 0 Å². The van der Waals surface area contributed by atoms with Gasteiger partial charge in [-0.05, 0) is 50.5 Å². The van der Waals surface area contributed by atoms with Crippen LogP contribution in [0.1, 0.15) is 59.8 Å². The van der Waals surface area contributed by atoms with Crippen molar-refractivity contribution in [3.63, 3.8) is 0 Å². The quantitative estimate of drug-likeness (QED) is 0.801. The first kappa shape index (κ1) is 13.4. The topological polar surface area (TPSA) is 29.3 Å². The first-order chi connectivity index (χ1) is 7.93. The molecule has 0 amide bonds. The Morgan fingerprint density at radius 3 is 2.41 bits per heavy atom. The lowest BCUT2D eigenvalue weighted by atomic mass is 9.71. The van der Waals surface area contributed by atoms with E-state index in [2.05, 4.69) is 32.6 Å². The van der Waals surface area contributed by atoms with Crippen LogP contribution in [-0.2, 0) is 0 Å². The van der Waals surface area contributed by atoms with Crippen LogP contribution in [0.4, 0.5) is 0 Å². The van der Waals surface area contributed by atoms with Crippen LogP contribution in [0, 0.1) is 11.3 Å². The molecule has 0 aromatic rings. The van der Waals surface area contributed by atoms with Gasteiger partial charge in [0.25, 0.3) is 0 Å². The van der Waals surface area contributed by atoms with Gasteiger partial charge >= 0.3 is 0 Å². The molecule has 3 atom stereocenters. The van der Waals surface area contributed by atoms with Crippen molar-refractivity contribution in [2.45, 2.75) is 71.4 Å². The molecule has 1 heterocycles. The van der Waals surface area contributed by atoms with Crippen molar-refractivity contribution in [1.82, 2.24) is 4.90 Å². The molecular formula is C15H30N2. The van der Waals surface area contributed by atoms with Crippen LogP contribution in [-0.4, -0.2) is 29.6 Å². The molecule has 1 aliphatic carbocycles. The first-order valence-electron chi connectivity index (χ1n) is 7.40. The second-order valence-corrected chi connectivity index (χ2v) is 7.15. The zero-order chi connectivity index (χ0) is 12.7. The first-order valence-corrected chi connectivity index (χ1v) is 7.40. The van der Waals surface area contributed by atoms with Crippen molar-refractivity contribution < 1.29 is 0 Å². The van der Waals surface area contributed by atoms with E-state index in [0.717, 1.165) is 12.5 Å². The molecule has 0 spiro atoms. The van der Waals surface area contributed by atoms with Crippen molar-refractivity contribution in [3.05, 3.63) is 0 Å². The number of hydrogen-bond donors (Lipinski definition) is 1. The maximum Gasteiger partial charge on any atom is 0.0385 e. The van der Waals surface area contributed by atoms with Crippen molar-refractivity contribution >= 4 is 0 Å². The van der Waals surface area contributed by atoms with Crippen molar-refractivity contribution in [2.24, 2.45) is 17.1 Å². The number of rotatable bonds is 2. The number of hydrogen-bond acceptors (Lipinski definition) is 2. The predicted molar refractivity (Wildman–Crippen MR) is 74.0 cm³/mol. The molecule has 2 rings (SSSR count). The van der Waals surface area contributed by atoms with Gasteiger partial charge in [-0.15, -0.1) is 0 Å². The summed E-state index contributed by atoms with van der Waals surface area (Å²) in [5.74, 6) is 0.889. The molecule has 2 aliphatic rings. The third kappa shape index (κ3) is 2.04. The summed E-state index contributed by atoms with van der Waals surface area (Å²) in [7, 11) is 0. The normalized spacial score (nSPS) is 42.9. The predicted octanol–water partition coefficient (Wildman–Crippen LogP) is 3.01. The Labute approximate surface area is 107 Å². The Hall–Kier alpha value is -0.0800. The lowest BCUT2D eigenvalue weighted by Gasteiger charge is -2.54. The van der Waals surface area contributed by atoms with E-state index in [4.69, 9.17) is 5.73 Å². The minimum atomic E-state index is 0.270. The lowest BCUT2D eigenvalue weighted by Crippen LogP contribution is -2.64. The Kier molecular flexibility index (Phi) is 3.57. The Balaban J connectivity index is 2.23. The molecule has 2 fully saturated rings. The summed E-state index contributed by atoms with van der Waals surface area (Å²) in [4.78, 5) is 2.76. The van der Waals surface area contributed by atoms with Gasteiger partial charge in [0.2, 0.25) is 0 Å². The van der Waals surface area contributed by atoms with Gasteiger partial charge in [0.05, 0.1) is 0 Å². The fourth-order valence-electron chi connectivity index (χ4n) is 4.46. The molecule has 2 heteroatoms. The Bertz CT molecular complexity index is 274. The smallest absolute Gasteiger partial charge is 0.0385 e. The summed E-state index contributed by atoms with van der Waals surface area (Å²) >= 11 is 0. The van der Waals surface area contributed by atoms with E-state index >= 15 is 0 Å². The van der Waals surface area contributed by atoms with Gasteiger partial charge in [-0.2, -0.15) is 0 Å². The zero-order valence-corrected chi connectivity index (χ0v) is 12.1. The van der Waals surface area contributed by atoms with Crippen LogP contribution < -0.4 is 5.73 Å². The zero-order valence-electron chi connectivity index (χ0n) is 12.1. The SMILES string of the molecule is CC1CCN(C2(CN)CCCC2(C)C)C(C)C1. The van der Waals surface area contributed by atoms with Crippen LogP contribution in [0.5, 0.6) is 0 Å². The molecule has 1 aliphatic heterocycles. The number of nitrogens with two attached hydrogens (primary N) is 1. The monoisotopic (exact) mass is 238 g/mol. The van der Waals surface area contributed by atoms with Gasteiger partial charge in [-0.1, -0.05) is 27.2 Å². The summed E-state index contributed by atoms with van der Waals surface area (Å²) < 4.78 is 0. The van der Waals surface area contributed by atoms with Gasteiger partial charge in [0.15, 0.2) is 0 Å². The summed E-state index contributed by atoms with van der Waals surface area (Å²) in [6.07, 6.45) is 6.68. The molecule has 0 radical (unpaired) electrons. The van der Waals surface area contributed by atoms with Crippen molar-refractivity contribution in [3.8, 4) is 0 Å². The van der Waals surface area contributed by atoms with E-state index in [1.807, 2.05) is 0 Å². The van der Waals surface area contributed by atoms with Gasteiger partial charge in [-0.25, -0.2) is 0 Å². The fourth-order valence-corrected chi connectivity index (χ4v) is 4.46. The molecule has 2 N–H and O–H groups in total. The summed E-state index contributed by atoms with van der Waals surface area (Å²) in [6, 6.07) is 0.708. The standard InChI is InChI=1S/C15H30N2/c1-12-6-9-17(13(2)10-12)15(11-16)8-5-7-14(15,3)4/h12-13H,5-11,16H2,1-4H3. The summed E-state index contributed by atoms with van der Waals surface area (Å²) in [6.45, 7) is 11.7. The number of nitrogens with zero attached hydrogens (tertiary/aromatic N) is 1. The molecule has 3 unspecified atom stereocenters. The average Bonchev–Trinajstić information content (AvgIpc) is 2.54. The second-order valence-electron chi connectivity index (χ2n) is 7.15. The highest BCUT2D eigenvalue weighted by Crippen LogP contribution is 2.50. The van der Waals surface area contributed by atoms with Crippen molar-refractivity contribution in [1.29, 1.82) is 0 Å². The second kappa shape index (κ2) is 4.55. The fraction of sp³-hybridized carbons (Fsp3) is 1.00. The van der Waals surface area contributed by atoms with E-state index in [9.17, 15) is 0 Å². The van der Waals surface area contributed by atoms with Crippen LogP contribution in [0.2, 0.25) is 0 Å².